The third kappa shape index (κ3) is 3.35. The summed E-state index contributed by atoms with van der Waals surface area (Å²) in [5, 5.41) is 3.07. The van der Waals surface area contributed by atoms with Crippen LogP contribution in [0.15, 0.2) is 0 Å². The smallest absolute Gasteiger partial charge is 0.222 e. The SMILES string of the molecule is CC(C)C(=O)N[C@@H]1CCCN(C)C1. The van der Waals surface area contributed by atoms with E-state index >= 15 is 0 Å². The minimum absolute atomic E-state index is 0.104. The quantitative estimate of drug-likeness (QED) is 0.690. The summed E-state index contributed by atoms with van der Waals surface area (Å²) in [6, 6.07) is 0.369. The summed E-state index contributed by atoms with van der Waals surface area (Å²) < 4.78 is 0. The molecular weight excluding hydrogens is 164 g/mol. The Bertz CT molecular complexity index is 180. The van der Waals surface area contributed by atoms with Gasteiger partial charge in [-0.25, -0.2) is 0 Å². The highest BCUT2D eigenvalue weighted by Gasteiger charge is 2.19. The van der Waals surface area contributed by atoms with Gasteiger partial charge in [-0.1, -0.05) is 13.8 Å². The molecule has 0 aromatic carbocycles. The van der Waals surface area contributed by atoms with Crippen molar-refractivity contribution in [2.75, 3.05) is 20.1 Å². The minimum atomic E-state index is 0.104. The predicted molar refractivity (Wildman–Crippen MR) is 53.5 cm³/mol. The van der Waals surface area contributed by atoms with Crippen molar-refractivity contribution >= 4 is 5.91 Å². The van der Waals surface area contributed by atoms with Crippen LogP contribution in [-0.4, -0.2) is 37.0 Å². The Morgan fingerprint density at radius 3 is 2.77 bits per heavy atom. The van der Waals surface area contributed by atoms with Crippen molar-refractivity contribution < 1.29 is 4.79 Å². The van der Waals surface area contributed by atoms with E-state index in [1.54, 1.807) is 0 Å². The van der Waals surface area contributed by atoms with E-state index < -0.39 is 0 Å². The van der Waals surface area contributed by atoms with E-state index in [0.717, 1.165) is 19.5 Å². The van der Waals surface area contributed by atoms with Gasteiger partial charge in [0.05, 0.1) is 0 Å². The lowest BCUT2D eigenvalue weighted by Crippen LogP contribution is -2.47. The number of hydrogen-bond acceptors (Lipinski definition) is 2. The molecule has 1 atom stereocenters. The Hall–Kier alpha value is -0.570. The van der Waals surface area contributed by atoms with Crippen LogP contribution < -0.4 is 5.32 Å². The van der Waals surface area contributed by atoms with Crippen molar-refractivity contribution in [1.82, 2.24) is 10.2 Å². The van der Waals surface area contributed by atoms with Crippen LogP contribution >= 0.6 is 0 Å². The summed E-state index contributed by atoms with van der Waals surface area (Å²) in [5.74, 6) is 0.285. The third-order valence-corrected chi connectivity index (χ3v) is 2.50. The largest absolute Gasteiger partial charge is 0.352 e. The number of likely N-dealkylation sites (N-methyl/N-ethyl adjacent to an activating group) is 1. The van der Waals surface area contributed by atoms with E-state index in [-0.39, 0.29) is 11.8 Å². The average Bonchev–Trinajstić information content (AvgIpc) is 2.04. The molecule has 1 fully saturated rings. The molecule has 0 unspecified atom stereocenters. The predicted octanol–water partition coefficient (Wildman–Crippen LogP) is 0.853. The van der Waals surface area contributed by atoms with Crippen LogP contribution in [0.3, 0.4) is 0 Å². The maximum atomic E-state index is 11.4. The Morgan fingerprint density at radius 2 is 2.23 bits per heavy atom. The molecule has 0 spiro atoms. The number of rotatable bonds is 2. The van der Waals surface area contributed by atoms with Gasteiger partial charge in [-0.2, -0.15) is 0 Å². The van der Waals surface area contributed by atoms with Gasteiger partial charge in [0.2, 0.25) is 5.91 Å². The summed E-state index contributed by atoms with van der Waals surface area (Å²) in [4.78, 5) is 13.7. The molecule has 0 aliphatic carbocycles. The van der Waals surface area contributed by atoms with E-state index in [1.165, 1.54) is 6.42 Å². The second-order valence-electron chi connectivity index (χ2n) is 4.26. The molecule has 1 heterocycles. The van der Waals surface area contributed by atoms with E-state index in [2.05, 4.69) is 17.3 Å². The third-order valence-electron chi connectivity index (χ3n) is 2.50. The standard InChI is InChI=1S/C10H20N2O/c1-8(2)10(13)11-9-5-4-6-12(3)7-9/h8-9H,4-7H2,1-3H3,(H,11,13)/t9-/m1/s1. The zero-order chi connectivity index (χ0) is 9.84. The van der Waals surface area contributed by atoms with Gasteiger partial charge in [0, 0.05) is 18.5 Å². The summed E-state index contributed by atoms with van der Waals surface area (Å²) in [5.41, 5.74) is 0. The fraction of sp³-hybridized carbons (Fsp3) is 0.900. The number of piperidine rings is 1. The van der Waals surface area contributed by atoms with Gasteiger partial charge in [0.1, 0.15) is 0 Å². The van der Waals surface area contributed by atoms with Crippen LogP contribution in [0, 0.1) is 5.92 Å². The normalized spacial score (nSPS) is 24.8. The fourth-order valence-electron chi connectivity index (χ4n) is 1.65. The molecule has 1 N–H and O–H groups in total. The monoisotopic (exact) mass is 184 g/mol. The molecule has 1 saturated heterocycles. The van der Waals surface area contributed by atoms with E-state index in [1.807, 2.05) is 13.8 Å². The van der Waals surface area contributed by atoms with Crippen LogP contribution in [0.2, 0.25) is 0 Å². The molecule has 1 rings (SSSR count). The molecule has 0 bridgehead atoms. The Balaban J connectivity index is 2.31. The lowest BCUT2D eigenvalue weighted by atomic mass is 10.1. The van der Waals surface area contributed by atoms with Crippen LogP contribution in [0.4, 0.5) is 0 Å². The van der Waals surface area contributed by atoms with Crippen LogP contribution in [0.1, 0.15) is 26.7 Å². The Morgan fingerprint density at radius 1 is 1.54 bits per heavy atom. The van der Waals surface area contributed by atoms with E-state index in [0.29, 0.717) is 6.04 Å². The number of hydrogen-bond donors (Lipinski definition) is 1. The van der Waals surface area contributed by atoms with Crippen molar-refractivity contribution in [3.05, 3.63) is 0 Å². The number of nitrogens with zero attached hydrogens (tertiary/aromatic N) is 1. The molecule has 3 heteroatoms. The summed E-state index contributed by atoms with van der Waals surface area (Å²) in [6.45, 7) is 6.02. The number of nitrogens with one attached hydrogen (secondary N) is 1. The minimum Gasteiger partial charge on any atom is -0.352 e. The van der Waals surface area contributed by atoms with E-state index in [4.69, 9.17) is 0 Å². The zero-order valence-corrected chi connectivity index (χ0v) is 8.84. The fourth-order valence-corrected chi connectivity index (χ4v) is 1.65. The highest BCUT2D eigenvalue weighted by molar-refractivity contribution is 5.78. The topological polar surface area (TPSA) is 32.3 Å². The van der Waals surface area contributed by atoms with Crippen molar-refractivity contribution in [1.29, 1.82) is 0 Å². The second kappa shape index (κ2) is 4.61. The molecule has 13 heavy (non-hydrogen) atoms. The molecular formula is C10H20N2O. The first kappa shape index (κ1) is 10.5. The van der Waals surface area contributed by atoms with Gasteiger partial charge in [-0.3, -0.25) is 4.79 Å². The maximum absolute atomic E-state index is 11.4. The molecule has 0 radical (unpaired) electrons. The molecule has 0 aromatic heterocycles. The lowest BCUT2D eigenvalue weighted by Gasteiger charge is -2.30. The van der Waals surface area contributed by atoms with Gasteiger partial charge in [0.15, 0.2) is 0 Å². The molecule has 76 valence electrons. The Kier molecular flexibility index (Phi) is 3.72. The highest BCUT2D eigenvalue weighted by atomic mass is 16.1. The van der Waals surface area contributed by atoms with Crippen molar-refractivity contribution in [3.8, 4) is 0 Å². The van der Waals surface area contributed by atoms with Gasteiger partial charge in [0.25, 0.3) is 0 Å². The van der Waals surface area contributed by atoms with Gasteiger partial charge in [-0.05, 0) is 26.4 Å². The number of amides is 1. The number of carbonyl (C=O) groups excluding carboxylic acids is 1. The molecule has 1 aliphatic rings. The van der Waals surface area contributed by atoms with Crippen molar-refractivity contribution in [2.24, 2.45) is 5.92 Å². The summed E-state index contributed by atoms with van der Waals surface area (Å²) in [6.07, 6.45) is 2.32. The molecule has 3 nitrogen and oxygen atoms in total. The average molecular weight is 184 g/mol. The van der Waals surface area contributed by atoms with E-state index in [9.17, 15) is 4.79 Å². The van der Waals surface area contributed by atoms with Gasteiger partial charge < -0.3 is 10.2 Å². The first-order valence-corrected chi connectivity index (χ1v) is 5.08. The molecule has 1 aliphatic heterocycles. The Labute approximate surface area is 80.5 Å². The first-order valence-electron chi connectivity index (χ1n) is 5.08. The van der Waals surface area contributed by atoms with Crippen LogP contribution in [-0.2, 0) is 4.79 Å². The highest BCUT2D eigenvalue weighted by Crippen LogP contribution is 2.08. The van der Waals surface area contributed by atoms with Gasteiger partial charge in [-0.15, -0.1) is 0 Å². The zero-order valence-electron chi connectivity index (χ0n) is 8.84. The molecule has 0 aromatic rings. The second-order valence-corrected chi connectivity index (χ2v) is 4.26. The number of likely N-dealkylation sites (tertiary alicyclic amines) is 1. The van der Waals surface area contributed by atoms with Crippen LogP contribution in [0.5, 0.6) is 0 Å². The molecule has 1 amide bonds. The number of carbonyl (C=O) groups is 1. The lowest BCUT2D eigenvalue weighted by molar-refractivity contribution is -0.125. The maximum Gasteiger partial charge on any atom is 0.222 e. The van der Waals surface area contributed by atoms with Gasteiger partial charge >= 0.3 is 0 Å². The summed E-state index contributed by atoms with van der Waals surface area (Å²) in [7, 11) is 2.10. The summed E-state index contributed by atoms with van der Waals surface area (Å²) >= 11 is 0. The first-order chi connectivity index (χ1) is 6.09. The van der Waals surface area contributed by atoms with Crippen LogP contribution in [0.25, 0.3) is 0 Å². The molecule has 0 saturated carbocycles. The van der Waals surface area contributed by atoms with Crippen molar-refractivity contribution in [3.63, 3.8) is 0 Å². The van der Waals surface area contributed by atoms with Crippen molar-refractivity contribution in [2.45, 2.75) is 32.7 Å².